The average Bonchev–Trinajstić information content (AvgIpc) is 3.11. The van der Waals surface area contributed by atoms with E-state index in [1.165, 1.54) is 12.8 Å². The fraction of sp³-hybridized carbons (Fsp3) is 0.611. The maximum atomic E-state index is 12.7. The van der Waals surface area contributed by atoms with Gasteiger partial charge in [-0.05, 0) is 59.7 Å². The number of fused-ring (bicyclic) bond motifs is 1. The van der Waals surface area contributed by atoms with E-state index in [1.54, 1.807) is 6.20 Å². The van der Waals surface area contributed by atoms with Gasteiger partial charge in [-0.1, -0.05) is 12.8 Å². The second-order valence-corrected chi connectivity index (χ2v) is 8.29. The minimum absolute atomic E-state index is 0.0674. The molecule has 0 bridgehead atoms. The molecule has 0 radical (unpaired) electrons. The molecule has 0 unspecified atom stereocenters. The molecule has 6 heteroatoms. The molecule has 24 heavy (non-hydrogen) atoms. The number of pyridine rings is 1. The number of amides is 2. The van der Waals surface area contributed by atoms with Crippen LogP contribution in [0, 0.1) is 11.3 Å². The van der Waals surface area contributed by atoms with Gasteiger partial charge in [0.05, 0.1) is 5.41 Å². The minimum atomic E-state index is -0.387. The molecule has 3 aliphatic rings. The number of hydrogen-bond acceptors (Lipinski definition) is 3. The summed E-state index contributed by atoms with van der Waals surface area (Å²) in [4.78, 5) is 31.6. The summed E-state index contributed by atoms with van der Waals surface area (Å²) >= 11 is 3.46. The highest BCUT2D eigenvalue weighted by Gasteiger charge is 2.46. The summed E-state index contributed by atoms with van der Waals surface area (Å²) < 4.78 is 0.932. The van der Waals surface area contributed by atoms with Gasteiger partial charge in [0.15, 0.2) is 0 Å². The highest BCUT2D eigenvalue weighted by atomic mass is 79.9. The topological polar surface area (TPSA) is 62.3 Å². The van der Waals surface area contributed by atoms with Crippen molar-refractivity contribution < 1.29 is 9.59 Å². The second kappa shape index (κ2) is 6.14. The third-order valence-electron chi connectivity index (χ3n) is 5.91. The largest absolute Gasteiger partial charge is 0.342 e. The van der Waals surface area contributed by atoms with Gasteiger partial charge in [0.25, 0.3) is 0 Å². The zero-order valence-corrected chi connectivity index (χ0v) is 15.3. The van der Waals surface area contributed by atoms with Crippen molar-refractivity contribution in [2.75, 3.05) is 18.4 Å². The van der Waals surface area contributed by atoms with Crippen LogP contribution in [0.4, 0.5) is 5.82 Å². The van der Waals surface area contributed by atoms with E-state index < -0.39 is 0 Å². The Balaban J connectivity index is 1.48. The fourth-order valence-corrected chi connectivity index (χ4v) is 4.78. The molecule has 5 nitrogen and oxygen atoms in total. The Morgan fingerprint density at radius 1 is 1.29 bits per heavy atom. The highest BCUT2D eigenvalue weighted by Crippen LogP contribution is 2.42. The third-order valence-corrected chi connectivity index (χ3v) is 6.35. The van der Waals surface area contributed by atoms with Crippen LogP contribution in [0.1, 0.15) is 44.1 Å². The first-order valence-electron chi connectivity index (χ1n) is 8.82. The molecule has 1 saturated heterocycles. The van der Waals surface area contributed by atoms with E-state index in [9.17, 15) is 9.59 Å². The number of hydrogen-bond donors (Lipinski definition) is 1. The van der Waals surface area contributed by atoms with Crippen LogP contribution in [0.2, 0.25) is 0 Å². The standard InChI is InChI=1S/C18H22BrN3O2/c19-14-9-13-10-18(17(24)21-15(13)20-11-14)5-7-22(8-6-18)16(23)12-3-1-2-4-12/h9,11-12H,1-8,10H2,(H,20,21,24). The van der Waals surface area contributed by atoms with Crippen LogP contribution in [0.25, 0.3) is 0 Å². The fourth-order valence-electron chi connectivity index (χ4n) is 4.40. The normalized spacial score (nSPS) is 23.2. The summed E-state index contributed by atoms with van der Waals surface area (Å²) in [6.45, 7) is 1.39. The summed E-state index contributed by atoms with van der Waals surface area (Å²) in [5, 5.41) is 2.97. The van der Waals surface area contributed by atoms with Gasteiger partial charge >= 0.3 is 0 Å². The quantitative estimate of drug-likeness (QED) is 0.799. The summed E-state index contributed by atoms with van der Waals surface area (Å²) in [7, 11) is 0. The Hall–Kier alpha value is -1.43. The molecule has 0 atom stereocenters. The number of nitrogens with zero attached hydrogens (tertiary/aromatic N) is 2. The van der Waals surface area contributed by atoms with Crippen molar-refractivity contribution >= 4 is 33.6 Å². The zero-order chi connectivity index (χ0) is 16.7. The zero-order valence-electron chi connectivity index (χ0n) is 13.7. The number of rotatable bonds is 1. The Labute approximate surface area is 150 Å². The van der Waals surface area contributed by atoms with Crippen molar-refractivity contribution in [1.82, 2.24) is 9.88 Å². The predicted molar refractivity (Wildman–Crippen MR) is 94.5 cm³/mol. The van der Waals surface area contributed by atoms with Gasteiger partial charge in [0.2, 0.25) is 11.8 Å². The smallest absolute Gasteiger partial charge is 0.232 e. The predicted octanol–water partition coefficient (Wildman–Crippen LogP) is 3.14. The molecule has 2 amide bonds. The van der Waals surface area contributed by atoms with Gasteiger partial charge in [-0.2, -0.15) is 0 Å². The SMILES string of the molecule is O=C(C1CCCC1)N1CCC2(CC1)Cc1cc(Br)cnc1NC2=O. The average molecular weight is 392 g/mol. The van der Waals surface area contributed by atoms with Crippen LogP contribution in [0.15, 0.2) is 16.7 Å². The van der Waals surface area contributed by atoms with Crippen LogP contribution in [0.5, 0.6) is 0 Å². The summed E-state index contributed by atoms with van der Waals surface area (Å²) in [6, 6.07) is 2.04. The van der Waals surface area contributed by atoms with E-state index in [2.05, 4.69) is 26.2 Å². The summed E-state index contributed by atoms with van der Waals surface area (Å²) in [5.74, 6) is 1.28. The number of carbonyl (C=O) groups excluding carboxylic acids is 2. The Kier molecular flexibility index (Phi) is 4.11. The Morgan fingerprint density at radius 3 is 2.71 bits per heavy atom. The van der Waals surface area contributed by atoms with E-state index in [-0.39, 0.29) is 17.2 Å². The number of anilines is 1. The van der Waals surface area contributed by atoms with Crippen molar-refractivity contribution in [2.45, 2.75) is 44.9 Å². The number of likely N-dealkylation sites (tertiary alicyclic amines) is 1. The third kappa shape index (κ3) is 2.75. The Morgan fingerprint density at radius 2 is 2.00 bits per heavy atom. The first-order chi connectivity index (χ1) is 11.6. The first kappa shape index (κ1) is 16.1. The van der Waals surface area contributed by atoms with Crippen LogP contribution in [-0.4, -0.2) is 34.8 Å². The van der Waals surface area contributed by atoms with Crippen LogP contribution < -0.4 is 5.32 Å². The molecule has 2 aliphatic heterocycles. The maximum absolute atomic E-state index is 12.7. The van der Waals surface area contributed by atoms with Gasteiger partial charge in [-0.25, -0.2) is 4.98 Å². The monoisotopic (exact) mass is 391 g/mol. The number of nitrogens with one attached hydrogen (secondary N) is 1. The molecule has 1 spiro atoms. The molecule has 1 aromatic rings. The number of aromatic nitrogens is 1. The van der Waals surface area contributed by atoms with Crippen molar-refractivity contribution in [3.05, 3.63) is 22.3 Å². The van der Waals surface area contributed by atoms with Crippen molar-refractivity contribution in [1.29, 1.82) is 0 Å². The lowest BCUT2D eigenvalue weighted by Gasteiger charge is -2.43. The summed E-state index contributed by atoms with van der Waals surface area (Å²) in [5.41, 5.74) is 0.696. The molecule has 1 saturated carbocycles. The molecule has 4 rings (SSSR count). The van der Waals surface area contributed by atoms with Gasteiger partial charge in [0.1, 0.15) is 5.82 Å². The van der Waals surface area contributed by atoms with E-state index in [4.69, 9.17) is 0 Å². The van der Waals surface area contributed by atoms with Crippen LogP contribution in [0.3, 0.4) is 0 Å². The molecule has 0 aromatic carbocycles. The van der Waals surface area contributed by atoms with Gasteiger partial charge < -0.3 is 10.2 Å². The van der Waals surface area contributed by atoms with E-state index in [1.807, 2.05) is 11.0 Å². The first-order valence-corrected chi connectivity index (χ1v) is 9.61. The second-order valence-electron chi connectivity index (χ2n) is 7.38. The molecular weight excluding hydrogens is 370 g/mol. The van der Waals surface area contributed by atoms with E-state index in [0.717, 1.165) is 35.7 Å². The van der Waals surface area contributed by atoms with E-state index in [0.29, 0.717) is 31.2 Å². The molecular formula is C18H22BrN3O2. The highest BCUT2D eigenvalue weighted by molar-refractivity contribution is 9.10. The van der Waals surface area contributed by atoms with E-state index >= 15 is 0 Å². The molecule has 128 valence electrons. The molecule has 1 aliphatic carbocycles. The minimum Gasteiger partial charge on any atom is -0.342 e. The molecule has 2 fully saturated rings. The van der Waals surface area contributed by atoms with Crippen molar-refractivity contribution in [3.63, 3.8) is 0 Å². The maximum Gasteiger partial charge on any atom is 0.232 e. The number of carbonyl (C=O) groups is 2. The van der Waals surface area contributed by atoms with Gasteiger partial charge in [-0.15, -0.1) is 0 Å². The molecule has 1 aromatic heterocycles. The van der Waals surface area contributed by atoms with Crippen molar-refractivity contribution in [3.8, 4) is 0 Å². The van der Waals surface area contributed by atoms with Gasteiger partial charge in [0, 0.05) is 29.7 Å². The lowest BCUT2D eigenvalue weighted by atomic mass is 9.71. The summed E-state index contributed by atoms with van der Waals surface area (Å²) in [6.07, 6.45) is 8.32. The number of piperidine rings is 1. The van der Waals surface area contributed by atoms with Crippen molar-refractivity contribution in [2.24, 2.45) is 11.3 Å². The molecule has 1 N–H and O–H groups in total. The lowest BCUT2D eigenvalue weighted by molar-refractivity contribution is -0.141. The van der Waals surface area contributed by atoms with Crippen LogP contribution in [-0.2, 0) is 16.0 Å². The van der Waals surface area contributed by atoms with Gasteiger partial charge in [-0.3, -0.25) is 9.59 Å². The lowest BCUT2D eigenvalue weighted by Crippen LogP contribution is -2.52. The Bertz CT molecular complexity index is 677. The number of halogens is 1. The molecule has 3 heterocycles. The van der Waals surface area contributed by atoms with Crippen LogP contribution >= 0.6 is 15.9 Å².